The van der Waals surface area contributed by atoms with Gasteiger partial charge in [0.05, 0.1) is 5.01 Å². The highest BCUT2D eigenvalue weighted by Gasteiger charge is 2.17. The van der Waals surface area contributed by atoms with Crippen molar-refractivity contribution in [1.29, 1.82) is 0 Å². The molecule has 1 aliphatic heterocycles. The zero-order valence-electron chi connectivity index (χ0n) is 6.12. The molecule has 2 heterocycles. The number of nitrogens with zero attached hydrogens (tertiary/aromatic N) is 1. The molecule has 0 saturated carbocycles. The first-order chi connectivity index (χ1) is 4.97. The van der Waals surface area contributed by atoms with E-state index in [1.807, 2.05) is 11.6 Å². The maximum absolute atomic E-state index is 4.28. The molecule has 1 N–H and O–H groups in total. The van der Waals surface area contributed by atoms with Gasteiger partial charge in [-0.15, -0.1) is 23.7 Å². The molecule has 0 aliphatic carbocycles. The molecule has 1 aliphatic rings. The molecule has 2 rings (SSSR count). The molecular formula is C7H11ClN2S. The zero-order valence-corrected chi connectivity index (χ0v) is 7.75. The van der Waals surface area contributed by atoms with Crippen LogP contribution in [0.15, 0.2) is 11.6 Å². The molecule has 2 nitrogen and oxygen atoms in total. The topological polar surface area (TPSA) is 24.9 Å². The van der Waals surface area contributed by atoms with Crippen LogP contribution in [0.2, 0.25) is 0 Å². The van der Waals surface area contributed by atoms with Crippen LogP contribution in [0, 0.1) is 0 Å². The van der Waals surface area contributed by atoms with Crippen molar-refractivity contribution >= 4 is 23.7 Å². The van der Waals surface area contributed by atoms with Crippen molar-refractivity contribution in [2.75, 3.05) is 13.1 Å². The molecule has 0 radical (unpaired) electrons. The largest absolute Gasteiger partial charge is 0.316 e. The normalized spacial score (nSPS) is 23.1. The van der Waals surface area contributed by atoms with Crippen LogP contribution in [0.25, 0.3) is 0 Å². The fourth-order valence-corrected chi connectivity index (χ4v) is 2.08. The van der Waals surface area contributed by atoms with Gasteiger partial charge in [-0.25, -0.2) is 4.98 Å². The van der Waals surface area contributed by atoms with E-state index in [9.17, 15) is 0 Å². The van der Waals surface area contributed by atoms with Gasteiger partial charge in [-0.3, -0.25) is 0 Å². The predicted molar refractivity (Wildman–Crippen MR) is 49.6 cm³/mol. The summed E-state index contributed by atoms with van der Waals surface area (Å²) in [5.41, 5.74) is 0. The summed E-state index contributed by atoms with van der Waals surface area (Å²) in [5, 5.41) is 6.67. The molecule has 0 bridgehead atoms. The minimum Gasteiger partial charge on any atom is -0.316 e. The summed E-state index contributed by atoms with van der Waals surface area (Å²) in [4.78, 5) is 4.28. The van der Waals surface area contributed by atoms with Gasteiger partial charge in [0.15, 0.2) is 0 Å². The highest BCUT2D eigenvalue weighted by atomic mass is 35.5. The lowest BCUT2D eigenvalue weighted by molar-refractivity contribution is 0.755. The zero-order chi connectivity index (χ0) is 6.81. The molecule has 11 heavy (non-hydrogen) atoms. The molecule has 1 atom stereocenters. The fraction of sp³-hybridized carbons (Fsp3) is 0.571. The summed E-state index contributed by atoms with van der Waals surface area (Å²) in [5.74, 6) is 0.694. The number of halogens is 1. The Morgan fingerprint density at radius 1 is 1.64 bits per heavy atom. The third kappa shape index (κ3) is 1.92. The summed E-state index contributed by atoms with van der Waals surface area (Å²) in [6.45, 7) is 2.28. The van der Waals surface area contributed by atoms with Crippen LogP contribution in [0.3, 0.4) is 0 Å². The third-order valence-electron chi connectivity index (χ3n) is 1.86. The second-order valence-electron chi connectivity index (χ2n) is 2.56. The van der Waals surface area contributed by atoms with E-state index in [1.54, 1.807) is 11.3 Å². The van der Waals surface area contributed by atoms with Gasteiger partial charge >= 0.3 is 0 Å². The van der Waals surface area contributed by atoms with E-state index in [2.05, 4.69) is 10.3 Å². The predicted octanol–water partition coefficient (Wildman–Crippen LogP) is 1.64. The Labute approximate surface area is 76.4 Å². The quantitative estimate of drug-likeness (QED) is 0.729. The maximum Gasteiger partial charge on any atom is 0.0969 e. The van der Waals surface area contributed by atoms with Crippen molar-refractivity contribution < 1.29 is 0 Å². The van der Waals surface area contributed by atoms with Gasteiger partial charge in [0.25, 0.3) is 0 Å². The van der Waals surface area contributed by atoms with Crippen LogP contribution >= 0.6 is 23.7 Å². The average Bonchev–Trinajstić information content (AvgIpc) is 2.59. The van der Waals surface area contributed by atoms with E-state index in [1.165, 1.54) is 11.4 Å². The van der Waals surface area contributed by atoms with Crippen molar-refractivity contribution in [3.8, 4) is 0 Å². The van der Waals surface area contributed by atoms with Crippen LogP contribution < -0.4 is 5.32 Å². The fourth-order valence-electron chi connectivity index (χ4n) is 1.30. The van der Waals surface area contributed by atoms with E-state index >= 15 is 0 Å². The molecule has 0 amide bonds. The van der Waals surface area contributed by atoms with Crippen molar-refractivity contribution in [1.82, 2.24) is 10.3 Å². The van der Waals surface area contributed by atoms with Crippen LogP contribution in [0.5, 0.6) is 0 Å². The van der Waals surface area contributed by atoms with Crippen LogP contribution in [-0.4, -0.2) is 18.1 Å². The van der Waals surface area contributed by atoms with Crippen molar-refractivity contribution in [3.63, 3.8) is 0 Å². The van der Waals surface area contributed by atoms with E-state index < -0.39 is 0 Å². The highest BCUT2D eigenvalue weighted by Crippen LogP contribution is 2.23. The molecule has 0 aromatic carbocycles. The Bertz CT molecular complexity index is 194. The molecule has 1 aromatic heterocycles. The Kier molecular flexibility index (Phi) is 3.30. The average molecular weight is 191 g/mol. The third-order valence-corrected chi connectivity index (χ3v) is 2.80. The minimum atomic E-state index is 0. The van der Waals surface area contributed by atoms with E-state index in [4.69, 9.17) is 0 Å². The van der Waals surface area contributed by atoms with Gasteiger partial charge in [0.2, 0.25) is 0 Å². The van der Waals surface area contributed by atoms with Gasteiger partial charge in [-0.1, -0.05) is 0 Å². The lowest BCUT2D eigenvalue weighted by atomic mass is 10.1. The van der Waals surface area contributed by atoms with Crippen molar-refractivity contribution in [2.45, 2.75) is 12.3 Å². The first kappa shape index (κ1) is 8.97. The van der Waals surface area contributed by atoms with E-state index in [0.717, 1.165) is 13.1 Å². The number of rotatable bonds is 1. The molecule has 1 saturated heterocycles. The van der Waals surface area contributed by atoms with Gasteiger partial charge in [0.1, 0.15) is 0 Å². The minimum absolute atomic E-state index is 0. The summed E-state index contributed by atoms with van der Waals surface area (Å²) < 4.78 is 0. The standard InChI is InChI=1S/C7H10N2S.ClH/c1-2-8-5-6(1)7-9-3-4-10-7;/h3-4,6,8H,1-2,5H2;1H. The van der Waals surface area contributed by atoms with Gasteiger partial charge in [-0.05, 0) is 13.0 Å². The maximum atomic E-state index is 4.28. The molecule has 1 fully saturated rings. The first-order valence-corrected chi connectivity index (χ1v) is 4.45. The molecular weight excluding hydrogens is 180 g/mol. The molecule has 4 heteroatoms. The summed E-state index contributed by atoms with van der Waals surface area (Å²) in [6, 6.07) is 0. The summed E-state index contributed by atoms with van der Waals surface area (Å²) >= 11 is 1.77. The molecule has 1 aromatic rings. The smallest absolute Gasteiger partial charge is 0.0969 e. The second kappa shape index (κ2) is 4.04. The second-order valence-corrected chi connectivity index (χ2v) is 3.49. The van der Waals surface area contributed by atoms with Gasteiger partial charge in [0, 0.05) is 24.0 Å². The number of thiazole rings is 1. The van der Waals surface area contributed by atoms with E-state index in [-0.39, 0.29) is 12.4 Å². The lowest BCUT2D eigenvalue weighted by Gasteiger charge is -2.00. The number of hydrogen-bond acceptors (Lipinski definition) is 3. The van der Waals surface area contributed by atoms with Gasteiger partial charge < -0.3 is 5.32 Å². The number of nitrogens with one attached hydrogen (secondary N) is 1. The number of aromatic nitrogens is 1. The summed E-state index contributed by atoms with van der Waals surface area (Å²) in [7, 11) is 0. The molecule has 1 unspecified atom stereocenters. The van der Waals surface area contributed by atoms with Crippen LogP contribution in [-0.2, 0) is 0 Å². The van der Waals surface area contributed by atoms with Crippen LogP contribution in [0.1, 0.15) is 17.3 Å². The lowest BCUT2D eigenvalue weighted by Crippen LogP contribution is -2.07. The Balaban J connectivity index is 0.000000605. The Hall–Kier alpha value is -0.120. The first-order valence-electron chi connectivity index (χ1n) is 3.57. The van der Waals surface area contributed by atoms with Crippen molar-refractivity contribution in [3.05, 3.63) is 16.6 Å². The van der Waals surface area contributed by atoms with E-state index in [0.29, 0.717) is 5.92 Å². The summed E-state index contributed by atoms with van der Waals surface area (Å²) in [6.07, 6.45) is 3.14. The highest BCUT2D eigenvalue weighted by molar-refractivity contribution is 7.09. The van der Waals surface area contributed by atoms with Crippen molar-refractivity contribution in [2.24, 2.45) is 0 Å². The molecule has 0 spiro atoms. The Morgan fingerprint density at radius 2 is 2.55 bits per heavy atom. The molecule has 62 valence electrons. The monoisotopic (exact) mass is 190 g/mol. The Morgan fingerprint density at radius 3 is 3.09 bits per heavy atom. The van der Waals surface area contributed by atoms with Crippen LogP contribution in [0.4, 0.5) is 0 Å². The van der Waals surface area contributed by atoms with Gasteiger partial charge in [-0.2, -0.15) is 0 Å². The number of hydrogen-bond donors (Lipinski definition) is 1. The SMILES string of the molecule is Cl.c1csc(C2CCNC2)n1.